The number of benzene rings is 2. The predicted molar refractivity (Wildman–Crippen MR) is 111 cm³/mol. The first-order chi connectivity index (χ1) is 14.0. The third-order valence-electron chi connectivity index (χ3n) is 4.53. The Balaban J connectivity index is 1.99. The van der Waals surface area contributed by atoms with Crippen LogP contribution in [0.25, 0.3) is 10.9 Å². The van der Waals surface area contributed by atoms with Crippen molar-refractivity contribution < 1.29 is 19.1 Å². The molecule has 0 bridgehead atoms. The van der Waals surface area contributed by atoms with Crippen LogP contribution in [0, 0.1) is 0 Å². The van der Waals surface area contributed by atoms with Gasteiger partial charge in [-0.3, -0.25) is 9.59 Å². The van der Waals surface area contributed by atoms with E-state index in [-0.39, 0.29) is 18.1 Å². The Kier molecular flexibility index (Phi) is 5.97. The first kappa shape index (κ1) is 20.1. The minimum atomic E-state index is -0.658. The van der Waals surface area contributed by atoms with Gasteiger partial charge < -0.3 is 19.4 Å². The van der Waals surface area contributed by atoms with Crippen molar-refractivity contribution >= 4 is 28.5 Å². The molecule has 150 valence electrons. The fraction of sp³-hybridized carbons (Fsp3) is 0.227. The molecule has 0 saturated heterocycles. The molecule has 1 aromatic heterocycles. The van der Waals surface area contributed by atoms with Crippen molar-refractivity contribution in [3.63, 3.8) is 0 Å². The number of pyridine rings is 1. The normalized spacial score (nSPS) is 10.6. The molecular formula is C22H22N2O5. The molecule has 0 aliphatic carbocycles. The van der Waals surface area contributed by atoms with Crippen molar-refractivity contribution in [3.05, 3.63) is 70.0 Å². The number of aryl methyl sites for hydroxylation is 1. The van der Waals surface area contributed by atoms with Gasteiger partial charge in [0.25, 0.3) is 5.91 Å². The summed E-state index contributed by atoms with van der Waals surface area (Å²) in [6.45, 7) is 4.35. The number of carbonyl (C=O) groups is 2. The zero-order valence-electron chi connectivity index (χ0n) is 16.5. The Morgan fingerprint density at radius 1 is 1.07 bits per heavy atom. The van der Waals surface area contributed by atoms with E-state index in [0.717, 1.165) is 0 Å². The van der Waals surface area contributed by atoms with Crippen molar-refractivity contribution in [2.75, 3.05) is 19.0 Å². The largest absolute Gasteiger partial charge is 0.497 e. The molecule has 0 radical (unpaired) electrons. The molecule has 29 heavy (non-hydrogen) atoms. The second-order valence-electron chi connectivity index (χ2n) is 6.29. The number of hydrogen-bond donors (Lipinski definition) is 1. The maximum atomic E-state index is 12.9. The summed E-state index contributed by atoms with van der Waals surface area (Å²) in [6.07, 6.45) is 1.51. The van der Waals surface area contributed by atoms with Gasteiger partial charge in [-0.25, -0.2) is 4.79 Å². The molecule has 0 saturated carbocycles. The number of fused-ring (bicyclic) bond motifs is 1. The molecular weight excluding hydrogens is 372 g/mol. The maximum Gasteiger partial charge on any atom is 0.343 e. The van der Waals surface area contributed by atoms with E-state index < -0.39 is 11.4 Å². The van der Waals surface area contributed by atoms with Crippen molar-refractivity contribution in [1.82, 2.24) is 4.57 Å². The predicted octanol–water partition coefficient (Wildman–Crippen LogP) is 3.46. The van der Waals surface area contributed by atoms with Crippen LogP contribution in [-0.4, -0.2) is 30.2 Å². The smallest absolute Gasteiger partial charge is 0.343 e. The molecule has 1 N–H and O–H groups in total. The number of ether oxygens (including phenoxy) is 2. The summed E-state index contributed by atoms with van der Waals surface area (Å²) in [7, 11) is 1.55. The second kappa shape index (κ2) is 8.60. The zero-order chi connectivity index (χ0) is 21.0. The lowest BCUT2D eigenvalue weighted by Gasteiger charge is -2.13. The van der Waals surface area contributed by atoms with Crippen LogP contribution in [0.2, 0.25) is 0 Å². The van der Waals surface area contributed by atoms with Crippen LogP contribution in [0.5, 0.6) is 5.75 Å². The van der Waals surface area contributed by atoms with Gasteiger partial charge in [0, 0.05) is 29.4 Å². The molecule has 1 amide bonds. The summed E-state index contributed by atoms with van der Waals surface area (Å²) in [6, 6.07) is 11.7. The maximum absolute atomic E-state index is 12.9. The number of methoxy groups -OCH3 is 1. The molecule has 7 nitrogen and oxygen atoms in total. The van der Waals surface area contributed by atoms with Gasteiger partial charge in [-0.1, -0.05) is 0 Å². The summed E-state index contributed by atoms with van der Waals surface area (Å²) >= 11 is 0. The highest BCUT2D eigenvalue weighted by Gasteiger charge is 2.17. The van der Waals surface area contributed by atoms with E-state index in [1.165, 1.54) is 6.20 Å². The van der Waals surface area contributed by atoms with Gasteiger partial charge in [0.1, 0.15) is 11.3 Å². The number of rotatable bonds is 6. The lowest BCUT2D eigenvalue weighted by Crippen LogP contribution is -2.21. The number of hydrogen-bond acceptors (Lipinski definition) is 5. The second-order valence-corrected chi connectivity index (χ2v) is 6.29. The molecule has 0 spiro atoms. The Morgan fingerprint density at radius 2 is 1.79 bits per heavy atom. The first-order valence-electron chi connectivity index (χ1n) is 9.28. The first-order valence-corrected chi connectivity index (χ1v) is 9.28. The van der Waals surface area contributed by atoms with Gasteiger partial charge in [0.05, 0.1) is 19.2 Å². The zero-order valence-corrected chi connectivity index (χ0v) is 16.5. The van der Waals surface area contributed by atoms with E-state index in [0.29, 0.717) is 34.4 Å². The van der Waals surface area contributed by atoms with Crippen LogP contribution < -0.4 is 15.5 Å². The minimum absolute atomic E-state index is 0.0279. The molecule has 0 fully saturated rings. The summed E-state index contributed by atoms with van der Waals surface area (Å²) in [5.74, 6) is -0.322. The SMILES string of the molecule is CCOC(=O)c1cn(CC)c2ccc(NC(=O)c3ccc(OC)cc3)cc2c1=O. The Labute approximate surface area is 167 Å². The lowest BCUT2D eigenvalue weighted by molar-refractivity contribution is 0.0524. The fourth-order valence-corrected chi connectivity index (χ4v) is 3.04. The topological polar surface area (TPSA) is 86.6 Å². The van der Waals surface area contributed by atoms with Gasteiger partial charge in [-0.15, -0.1) is 0 Å². The van der Waals surface area contributed by atoms with Crippen molar-refractivity contribution in [1.29, 1.82) is 0 Å². The highest BCUT2D eigenvalue weighted by molar-refractivity contribution is 6.05. The van der Waals surface area contributed by atoms with Crippen molar-refractivity contribution in [3.8, 4) is 5.75 Å². The van der Waals surface area contributed by atoms with Crippen molar-refractivity contribution in [2.45, 2.75) is 20.4 Å². The summed E-state index contributed by atoms with van der Waals surface area (Å²) in [4.78, 5) is 37.5. The average Bonchev–Trinajstić information content (AvgIpc) is 2.74. The highest BCUT2D eigenvalue weighted by atomic mass is 16.5. The number of anilines is 1. The van der Waals surface area contributed by atoms with Crippen LogP contribution in [0.1, 0.15) is 34.6 Å². The van der Waals surface area contributed by atoms with Crippen LogP contribution in [-0.2, 0) is 11.3 Å². The van der Waals surface area contributed by atoms with E-state index >= 15 is 0 Å². The number of aromatic nitrogens is 1. The van der Waals surface area contributed by atoms with E-state index in [9.17, 15) is 14.4 Å². The highest BCUT2D eigenvalue weighted by Crippen LogP contribution is 2.19. The van der Waals surface area contributed by atoms with Crippen LogP contribution in [0.4, 0.5) is 5.69 Å². The molecule has 0 unspecified atom stereocenters. The molecule has 3 aromatic rings. The molecule has 2 aromatic carbocycles. The average molecular weight is 394 g/mol. The Bertz CT molecular complexity index is 1120. The molecule has 1 heterocycles. The molecule has 0 aliphatic heterocycles. The minimum Gasteiger partial charge on any atom is -0.497 e. The van der Waals surface area contributed by atoms with Gasteiger partial charge in [0.15, 0.2) is 0 Å². The fourth-order valence-electron chi connectivity index (χ4n) is 3.04. The van der Waals surface area contributed by atoms with Crippen LogP contribution in [0.3, 0.4) is 0 Å². The van der Waals surface area contributed by atoms with Gasteiger partial charge >= 0.3 is 5.97 Å². The molecule has 0 aliphatic rings. The van der Waals surface area contributed by atoms with Gasteiger partial charge in [-0.05, 0) is 56.3 Å². The number of nitrogens with one attached hydrogen (secondary N) is 1. The molecule has 7 heteroatoms. The lowest BCUT2D eigenvalue weighted by atomic mass is 10.1. The number of esters is 1. The third-order valence-corrected chi connectivity index (χ3v) is 4.53. The Hall–Kier alpha value is -3.61. The Morgan fingerprint density at radius 3 is 2.41 bits per heavy atom. The van der Waals surface area contributed by atoms with E-state index in [4.69, 9.17) is 9.47 Å². The monoisotopic (exact) mass is 394 g/mol. The van der Waals surface area contributed by atoms with E-state index in [1.54, 1.807) is 61.1 Å². The molecule has 3 rings (SSSR count). The van der Waals surface area contributed by atoms with Gasteiger partial charge in [0.2, 0.25) is 5.43 Å². The summed E-state index contributed by atoms with van der Waals surface area (Å²) in [5.41, 5.74) is 1.13. The van der Waals surface area contributed by atoms with Crippen LogP contribution in [0.15, 0.2) is 53.5 Å². The van der Waals surface area contributed by atoms with E-state index in [2.05, 4.69) is 5.32 Å². The van der Waals surface area contributed by atoms with Crippen molar-refractivity contribution in [2.24, 2.45) is 0 Å². The number of carbonyl (C=O) groups excluding carboxylic acids is 2. The standard InChI is InChI=1S/C22H22N2O5/c1-4-24-13-18(22(27)29-5-2)20(25)17-12-15(8-11-19(17)24)23-21(26)14-6-9-16(28-3)10-7-14/h6-13H,4-5H2,1-3H3,(H,23,26). The van der Waals surface area contributed by atoms with Crippen LogP contribution >= 0.6 is 0 Å². The number of nitrogens with zero attached hydrogens (tertiary/aromatic N) is 1. The quantitative estimate of drug-likeness (QED) is 0.647. The third kappa shape index (κ3) is 4.13. The summed E-state index contributed by atoms with van der Waals surface area (Å²) < 4.78 is 11.9. The van der Waals surface area contributed by atoms with Gasteiger partial charge in [-0.2, -0.15) is 0 Å². The van der Waals surface area contributed by atoms with E-state index in [1.807, 2.05) is 6.92 Å². The number of amides is 1. The molecule has 0 atom stereocenters. The summed E-state index contributed by atoms with van der Waals surface area (Å²) in [5, 5.41) is 3.12.